The zero-order chi connectivity index (χ0) is 9.26. The third kappa shape index (κ3) is 1.37. The van der Waals surface area contributed by atoms with Crippen molar-refractivity contribution >= 4 is 11.1 Å². The van der Waals surface area contributed by atoms with E-state index in [2.05, 4.69) is 11.1 Å². The van der Waals surface area contributed by atoms with Gasteiger partial charge in [0.1, 0.15) is 11.3 Å². The molecule has 0 aliphatic rings. The lowest BCUT2D eigenvalue weighted by molar-refractivity contribution is 0.413. The topological polar surface area (TPSA) is 35.3 Å². The van der Waals surface area contributed by atoms with Gasteiger partial charge in [0.2, 0.25) is 0 Å². The normalized spacial score (nSPS) is 10.6. The largest absolute Gasteiger partial charge is 0.496 e. The molecule has 0 unspecified atom stereocenters. The first-order valence-corrected chi connectivity index (χ1v) is 4.19. The molecule has 0 spiro atoms. The van der Waals surface area contributed by atoms with Crippen molar-refractivity contribution in [3.05, 3.63) is 24.1 Å². The van der Waals surface area contributed by atoms with Crippen molar-refractivity contribution < 1.29 is 9.15 Å². The van der Waals surface area contributed by atoms with E-state index in [-0.39, 0.29) is 0 Å². The van der Waals surface area contributed by atoms with Crippen LogP contribution >= 0.6 is 0 Å². The first-order valence-electron chi connectivity index (χ1n) is 4.19. The molecule has 1 aromatic heterocycles. The minimum absolute atomic E-state index is 0.663. The summed E-state index contributed by atoms with van der Waals surface area (Å²) in [4.78, 5) is 4.25. The number of hydrogen-bond acceptors (Lipinski definition) is 3. The Morgan fingerprint density at radius 3 is 3.08 bits per heavy atom. The molecule has 67 valence electrons. The molecule has 1 heterocycles. The second kappa shape index (κ2) is 3.09. The standard InChI is InChI=1S/C10H10NO2/c1-3-10-11-8-5-4-7(12-2)6-9(8)13-10/h4-5H,3H2,1-2H3. The van der Waals surface area contributed by atoms with Crippen molar-refractivity contribution in [2.24, 2.45) is 0 Å². The Morgan fingerprint density at radius 1 is 1.54 bits per heavy atom. The second-order valence-electron chi connectivity index (χ2n) is 2.70. The van der Waals surface area contributed by atoms with Gasteiger partial charge < -0.3 is 9.15 Å². The van der Waals surface area contributed by atoms with E-state index in [0.29, 0.717) is 11.3 Å². The van der Waals surface area contributed by atoms with Gasteiger partial charge in [-0.05, 0) is 12.1 Å². The van der Waals surface area contributed by atoms with Gasteiger partial charge in [-0.15, -0.1) is 0 Å². The third-order valence-electron chi connectivity index (χ3n) is 1.85. The summed E-state index contributed by atoms with van der Waals surface area (Å²) in [7, 11) is 1.61. The molecule has 3 nitrogen and oxygen atoms in total. The SMILES string of the molecule is CCc1nc2ccc(OC)[c]c2o1. The highest BCUT2D eigenvalue weighted by Gasteiger charge is 2.04. The van der Waals surface area contributed by atoms with Gasteiger partial charge in [-0.2, -0.15) is 0 Å². The van der Waals surface area contributed by atoms with Gasteiger partial charge in [0, 0.05) is 6.42 Å². The molecule has 0 saturated heterocycles. The molecule has 0 bridgehead atoms. The average molecular weight is 176 g/mol. The maximum Gasteiger partial charge on any atom is 0.195 e. The lowest BCUT2D eigenvalue weighted by atomic mass is 10.3. The lowest BCUT2D eigenvalue weighted by Gasteiger charge is -1.95. The predicted octanol–water partition coefficient (Wildman–Crippen LogP) is 2.20. The Bertz CT molecular complexity index is 418. The van der Waals surface area contributed by atoms with Crippen molar-refractivity contribution in [2.45, 2.75) is 13.3 Å². The fraction of sp³-hybridized carbons (Fsp3) is 0.300. The second-order valence-corrected chi connectivity index (χ2v) is 2.70. The van der Waals surface area contributed by atoms with Crippen LogP contribution in [0.3, 0.4) is 0 Å². The fourth-order valence-electron chi connectivity index (χ4n) is 1.16. The summed E-state index contributed by atoms with van der Waals surface area (Å²) in [5, 5.41) is 0. The number of rotatable bonds is 2. The van der Waals surface area contributed by atoms with Crippen molar-refractivity contribution in [1.82, 2.24) is 4.98 Å². The van der Waals surface area contributed by atoms with Crippen LogP contribution in [0.25, 0.3) is 11.1 Å². The summed E-state index contributed by atoms with van der Waals surface area (Å²) < 4.78 is 10.4. The number of nitrogens with zero attached hydrogens (tertiary/aromatic N) is 1. The van der Waals surface area contributed by atoms with Crippen LogP contribution in [0.4, 0.5) is 0 Å². The van der Waals surface area contributed by atoms with Gasteiger partial charge in [0.25, 0.3) is 0 Å². The van der Waals surface area contributed by atoms with E-state index in [9.17, 15) is 0 Å². The van der Waals surface area contributed by atoms with Gasteiger partial charge in [-0.3, -0.25) is 0 Å². The van der Waals surface area contributed by atoms with E-state index in [1.54, 1.807) is 7.11 Å². The van der Waals surface area contributed by atoms with Crippen LogP contribution in [0, 0.1) is 6.07 Å². The first-order chi connectivity index (χ1) is 6.33. The number of aromatic nitrogens is 1. The van der Waals surface area contributed by atoms with Gasteiger partial charge in [0.05, 0.1) is 13.2 Å². The predicted molar refractivity (Wildman–Crippen MR) is 48.8 cm³/mol. The number of methoxy groups -OCH3 is 1. The quantitative estimate of drug-likeness (QED) is 0.703. The molecule has 0 atom stereocenters. The molecule has 0 fully saturated rings. The number of fused-ring (bicyclic) bond motifs is 1. The molecule has 2 aromatic rings. The Balaban J connectivity index is 2.57. The summed E-state index contributed by atoms with van der Waals surface area (Å²) in [6, 6.07) is 6.67. The zero-order valence-corrected chi connectivity index (χ0v) is 7.63. The molecule has 13 heavy (non-hydrogen) atoms. The molecule has 0 saturated carbocycles. The Hall–Kier alpha value is -1.51. The average Bonchev–Trinajstić information content (AvgIpc) is 2.58. The first kappa shape index (κ1) is 8.10. The molecule has 0 amide bonds. The van der Waals surface area contributed by atoms with E-state index in [1.165, 1.54) is 0 Å². The van der Waals surface area contributed by atoms with Gasteiger partial charge in [-0.1, -0.05) is 6.92 Å². The summed E-state index contributed by atoms with van der Waals surface area (Å²) in [5.41, 5.74) is 1.49. The van der Waals surface area contributed by atoms with Crippen LogP contribution in [0.1, 0.15) is 12.8 Å². The van der Waals surface area contributed by atoms with Crippen LogP contribution in [0.2, 0.25) is 0 Å². The molecule has 0 N–H and O–H groups in total. The maximum atomic E-state index is 5.41. The molecule has 0 aliphatic heterocycles. The minimum atomic E-state index is 0.663. The maximum absolute atomic E-state index is 5.41. The minimum Gasteiger partial charge on any atom is -0.496 e. The molecule has 0 aliphatic carbocycles. The molecular formula is C10H10NO2. The summed E-state index contributed by atoms with van der Waals surface area (Å²) in [6.45, 7) is 2.00. The van der Waals surface area contributed by atoms with Gasteiger partial charge in [-0.25, -0.2) is 4.98 Å². The highest BCUT2D eigenvalue weighted by Crippen LogP contribution is 2.20. The molecule has 3 heteroatoms. The number of aryl methyl sites for hydroxylation is 1. The van der Waals surface area contributed by atoms with Crippen molar-refractivity contribution in [2.75, 3.05) is 7.11 Å². The van der Waals surface area contributed by atoms with Crippen molar-refractivity contribution in [3.8, 4) is 5.75 Å². The molecular weight excluding hydrogens is 166 g/mol. The van der Waals surface area contributed by atoms with Crippen LogP contribution in [-0.2, 0) is 6.42 Å². The third-order valence-corrected chi connectivity index (χ3v) is 1.85. The van der Waals surface area contributed by atoms with Crippen LogP contribution < -0.4 is 4.74 Å². The molecule has 1 aromatic carbocycles. The number of benzene rings is 1. The summed E-state index contributed by atoms with van der Waals surface area (Å²) >= 11 is 0. The number of ether oxygens (including phenoxy) is 1. The van der Waals surface area contributed by atoms with E-state index < -0.39 is 0 Å². The summed E-state index contributed by atoms with van der Waals surface area (Å²) in [6.07, 6.45) is 0.796. The van der Waals surface area contributed by atoms with Gasteiger partial charge >= 0.3 is 0 Å². The van der Waals surface area contributed by atoms with Crippen molar-refractivity contribution in [1.29, 1.82) is 0 Å². The number of oxazole rings is 1. The molecule has 1 radical (unpaired) electrons. The van der Waals surface area contributed by atoms with Crippen LogP contribution in [-0.4, -0.2) is 12.1 Å². The van der Waals surface area contributed by atoms with E-state index in [0.717, 1.165) is 17.8 Å². The van der Waals surface area contributed by atoms with Crippen LogP contribution in [0.15, 0.2) is 16.5 Å². The van der Waals surface area contributed by atoms with E-state index >= 15 is 0 Å². The Morgan fingerprint density at radius 2 is 2.38 bits per heavy atom. The molecule has 2 rings (SSSR count). The van der Waals surface area contributed by atoms with Gasteiger partial charge in [0.15, 0.2) is 11.5 Å². The fourth-order valence-corrected chi connectivity index (χ4v) is 1.16. The van der Waals surface area contributed by atoms with Crippen LogP contribution in [0.5, 0.6) is 5.75 Å². The van der Waals surface area contributed by atoms with E-state index in [4.69, 9.17) is 9.15 Å². The highest BCUT2D eigenvalue weighted by molar-refractivity contribution is 5.73. The summed E-state index contributed by atoms with van der Waals surface area (Å²) in [5.74, 6) is 1.41. The van der Waals surface area contributed by atoms with Crippen molar-refractivity contribution in [3.63, 3.8) is 0 Å². The van der Waals surface area contributed by atoms with E-state index in [1.807, 2.05) is 19.1 Å². The smallest absolute Gasteiger partial charge is 0.195 e. The zero-order valence-electron chi connectivity index (χ0n) is 7.63. The Labute approximate surface area is 76.3 Å². The monoisotopic (exact) mass is 176 g/mol. The number of hydrogen-bond donors (Lipinski definition) is 0. The lowest BCUT2D eigenvalue weighted by Crippen LogP contribution is -1.81. The Kier molecular flexibility index (Phi) is 1.93. The highest BCUT2D eigenvalue weighted by atomic mass is 16.5.